The van der Waals surface area contributed by atoms with Crippen LogP contribution < -0.4 is 16.4 Å². The van der Waals surface area contributed by atoms with Gasteiger partial charge < -0.3 is 21.1 Å². The van der Waals surface area contributed by atoms with Crippen molar-refractivity contribution < 1.29 is 9.53 Å². The first-order valence-electron chi connectivity index (χ1n) is 7.07. The van der Waals surface area contributed by atoms with E-state index in [1.807, 2.05) is 57.2 Å². The van der Waals surface area contributed by atoms with Gasteiger partial charge in [-0.2, -0.15) is 0 Å². The highest BCUT2D eigenvalue weighted by molar-refractivity contribution is 7.80. The number of carbonyl (C=O) groups excluding carboxylic acids is 1. The summed E-state index contributed by atoms with van der Waals surface area (Å²) in [6.07, 6.45) is 4.21. The van der Waals surface area contributed by atoms with Gasteiger partial charge >= 0.3 is 6.09 Å². The van der Waals surface area contributed by atoms with Gasteiger partial charge in [0.1, 0.15) is 5.60 Å². The molecule has 0 bridgehead atoms. The second-order valence-electron chi connectivity index (χ2n) is 5.70. The number of benzene rings is 1. The number of ether oxygens (including phenoxy) is 1. The average molecular weight is 321 g/mol. The summed E-state index contributed by atoms with van der Waals surface area (Å²) < 4.78 is 5.15. The second-order valence-corrected chi connectivity index (χ2v) is 6.14. The number of hydrogen-bond donors (Lipinski definition) is 3. The molecule has 0 atom stereocenters. The Bertz CT molecular complexity index is 551. The molecule has 0 aliphatic carbocycles. The van der Waals surface area contributed by atoms with E-state index in [4.69, 9.17) is 22.7 Å². The molecule has 5 nitrogen and oxygen atoms in total. The first kappa shape index (κ1) is 18.0. The molecule has 4 N–H and O–H groups in total. The number of amides is 1. The van der Waals surface area contributed by atoms with Crippen LogP contribution in [0, 0.1) is 0 Å². The maximum absolute atomic E-state index is 11.5. The number of rotatable bonds is 5. The SMILES string of the molecule is CC(C)(C)OC(=O)NCCC=Cc1ccccc1NC(N)=S. The van der Waals surface area contributed by atoms with Crippen LogP contribution in [0.4, 0.5) is 10.5 Å². The summed E-state index contributed by atoms with van der Waals surface area (Å²) in [4.78, 5) is 11.5. The van der Waals surface area contributed by atoms with Crippen LogP contribution >= 0.6 is 12.2 Å². The fraction of sp³-hybridized carbons (Fsp3) is 0.375. The zero-order chi connectivity index (χ0) is 16.6. The van der Waals surface area contributed by atoms with E-state index in [1.54, 1.807) is 0 Å². The predicted molar refractivity (Wildman–Crippen MR) is 94.7 cm³/mol. The lowest BCUT2D eigenvalue weighted by Crippen LogP contribution is -2.32. The maximum atomic E-state index is 11.5. The molecule has 1 aromatic rings. The van der Waals surface area contributed by atoms with Crippen molar-refractivity contribution in [2.75, 3.05) is 11.9 Å². The number of nitrogens with two attached hydrogens (primary N) is 1. The van der Waals surface area contributed by atoms with E-state index in [9.17, 15) is 4.79 Å². The zero-order valence-electron chi connectivity index (χ0n) is 13.2. The Morgan fingerprint density at radius 1 is 1.36 bits per heavy atom. The van der Waals surface area contributed by atoms with Crippen molar-refractivity contribution in [2.24, 2.45) is 5.73 Å². The number of nitrogens with one attached hydrogen (secondary N) is 2. The van der Waals surface area contributed by atoms with Gasteiger partial charge in [0, 0.05) is 12.2 Å². The third-order valence-corrected chi connectivity index (χ3v) is 2.60. The van der Waals surface area contributed by atoms with E-state index in [1.165, 1.54) is 0 Å². The first-order chi connectivity index (χ1) is 10.3. The van der Waals surface area contributed by atoms with Crippen LogP contribution in [-0.2, 0) is 4.74 Å². The molecule has 6 heteroatoms. The number of thiocarbonyl (C=S) groups is 1. The Morgan fingerprint density at radius 3 is 2.68 bits per heavy atom. The summed E-state index contributed by atoms with van der Waals surface area (Å²) in [5, 5.41) is 5.86. The van der Waals surface area contributed by atoms with Crippen molar-refractivity contribution in [3.8, 4) is 0 Å². The molecule has 0 aromatic heterocycles. The van der Waals surface area contributed by atoms with Crippen LogP contribution in [0.2, 0.25) is 0 Å². The number of carbonyl (C=O) groups is 1. The molecule has 0 spiro atoms. The number of alkyl carbamates (subject to hydrolysis) is 1. The molecule has 0 unspecified atom stereocenters. The zero-order valence-corrected chi connectivity index (χ0v) is 14.0. The molecular weight excluding hydrogens is 298 g/mol. The quantitative estimate of drug-likeness (QED) is 0.573. The standard InChI is InChI=1S/C16H23N3O2S/c1-16(2,3)21-15(20)18-11-7-6-9-12-8-4-5-10-13(12)19-14(17)22/h4-6,8-10H,7,11H2,1-3H3,(H,18,20)(H3,17,19,22). The molecule has 0 aliphatic rings. The molecule has 0 radical (unpaired) electrons. The normalized spacial score (nSPS) is 11.2. The molecule has 0 saturated heterocycles. The van der Waals surface area contributed by atoms with Crippen molar-refractivity contribution in [2.45, 2.75) is 32.8 Å². The number of para-hydroxylation sites is 1. The smallest absolute Gasteiger partial charge is 0.407 e. The summed E-state index contributed by atoms with van der Waals surface area (Å²) in [5.41, 5.74) is 6.84. The lowest BCUT2D eigenvalue weighted by molar-refractivity contribution is 0.0529. The molecule has 22 heavy (non-hydrogen) atoms. The van der Waals surface area contributed by atoms with Crippen molar-refractivity contribution in [1.82, 2.24) is 5.32 Å². The minimum atomic E-state index is -0.481. The number of anilines is 1. The summed E-state index contributed by atoms with van der Waals surface area (Å²) >= 11 is 4.84. The van der Waals surface area contributed by atoms with Crippen LogP contribution in [-0.4, -0.2) is 23.4 Å². The maximum Gasteiger partial charge on any atom is 0.407 e. The Kier molecular flexibility index (Phi) is 6.85. The van der Waals surface area contributed by atoms with Crippen LogP contribution in [0.5, 0.6) is 0 Å². The highest BCUT2D eigenvalue weighted by Crippen LogP contribution is 2.16. The lowest BCUT2D eigenvalue weighted by Gasteiger charge is -2.19. The Balaban J connectivity index is 2.44. The van der Waals surface area contributed by atoms with Crippen LogP contribution in [0.25, 0.3) is 6.08 Å². The van der Waals surface area contributed by atoms with Crippen LogP contribution in [0.15, 0.2) is 30.3 Å². The topological polar surface area (TPSA) is 76.4 Å². The Hall–Kier alpha value is -2.08. The molecule has 0 saturated carbocycles. The van der Waals surface area contributed by atoms with Crippen molar-refractivity contribution in [3.63, 3.8) is 0 Å². The van der Waals surface area contributed by atoms with Gasteiger partial charge in [-0.05, 0) is 51.0 Å². The Morgan fingerprint density at radius 2 is 2.05 bits per heavy atom. The highest BCUT2D eigenvalue weighted by Gasteiger charge is 2.15. The molecule has 1 amide bonds. The van der Waals surface area contributed by atoms with Gasteiger partial charge in [-0.25, -0.2) is 4.79 Å². The molecule has 1 rings (SSSR count). The Labute approximate surface area is 136 Å². The van der Waals surface area contributed by atoms with Gasteiger partial charge in [0.15, 0.2) is 5.11 Å². The first-order valence-corrected chi connectivity index (χ1v) is 7.47. The van der Waals surface area contributed by atoms with Gasteiger partial charge in [-0.15, -0.1) is 0 Å². The van der Waals surface area contributed by atoms with E-state index >= 15 is 0 Å². The minimum absolute atomic E-state index is 0.229. The summed E-state index contributed by atoms with van der Waals surface area (Å²) in [5.74, 6) is 0. The second kappa shape index (κ2) is 8.38. The van der Waals surface area contributed by atoms with Gasteiger partial charge in [0.25, 0.3) is 0 Å². The van der Waals surface area contributed by atoms with E-state index in [0.717, 1.165) is 11.3 Å². The third-order valence-electron chi connectivity index (χ3n) is 2.50. The van der Waals surface area contributed by atoms with Gasteiger partial charge in [-0.1, -0.05) is 30.4 Å². The van der Waals surface area contributed by atoms with Crippen molar-refractivity contribution in [3.05, 3.63) is 35.9 Å². The molecule has 0 heterocycles. The van der Waals surface area contributed by atoms with E-state index in [0.29, 0.717) is 13.0 Å². The fourth-order valence-electron chi connectivity index (χ4n) is 1.67. The van der Waals surface area contributed by atoms with Gasteiger partial charge in [-0.3, -0.25) is 0 Å². The predicted octanol–water partition coefficient (Wildman–Crippen LogP) is 3.27. The van der Waals surface area contributed by atoms with Gasteiger partial charge in [0.05, 0.1) is 0 Å². The summed E-state index contributed by atoms with van der Waals surface area (Å²) in [6.45, 7) is 6.01. The summed E-state index contributed by atoms with van der Waals surface area (Å²) in [6, 6.07) is 7.70. The van der Waals surface area contributed by atoms with E-state index < -0.39 is 11.7 Å². The van der Waals surface area contributed by atoms with Crippen LogP contribution in [0.1, 0.15) is 32.8 Å². The fourth-order valence-corrected chi connectivity index (χ4v) is 1.78. The minimum Gasteiger partial charge on any atom is -0.444 e. The van der Waals surface area contributed by atoms with Gasteiger partial charge in [0.2, 0.25) is 0 Å². The molecular formula is C16H23N3O2S. The molecule has 120 valence electrons. The monoisotopic (exact) mass is 321 g/mol. The van der Waals surface area contributed by atoms with E-state index in [-0.39, 0.29) is 5.11 Å². The van der Waals surface area contributed by atoms with Crippen molar-refractivity contribution in [1.29, 1.82) is 0 Å². The lowest BCUT2D eigenvalue weighted by atomic mass is 10.1. The largest absolute Gasteiger partial charge is 0.444 e. The van der Waals surface area contributed by atoms with Crippen LogP contribution in [0.3, 0.4) is 0 Å². The third kappa shape index (κ3) is 7.64. The number of hydrogen-bond acceptors (Lipinski definition) is 3. The summed E-state index contributed by atoms with van der Waals surface area (Å²) in [7, 11) is 0. The molecule has 0 aliphatic heterocycles. The highest BCUT2D eigenvalue weighted by atomic mass is 32.1. The average Bonchev–Trinajstić information content (AvgIpc) is 2.37. The van der Waals surface area contributed by atoms with E-state index in [2.05, 4.69) is 10.6 Å². The van der Waals surface area contributed by atoms with Crippen molar-refractivity contribution >= 4 is 35.2 Å². The molecule has 1 aromatic carbocycles. The molecule has 0 fully saturated rings.